The van der Waals surface area contributed by atoms with Crippen LogP contribution in [0.3, 0.4) is 0 Å². The number of piperidine rings is 1. The van der Waals surface area contributed by atoms with Crippen LogP contribution in [0, 0.1) is 12.8 Å². The minimum Gasteiger partial charge on any atom is -0.448 e. The van der Waals surface area contributed by atoms with Crippen LogP contribution >= 0.6 is 0 Å². The Balaban J connectivity index is 1.42. The van der Waals surface area contributed by atoms with Gasteiger partial charge in [0, 0.05) is 31.6 Å². The summed E-state index contributed by atoms with van der Waals surface area (Å²) in [5.41, 5.74) is 1.03. The molecule has 1 N–H and O–H groups in total. The third kappa shape index (κ3) is 3.03. The van der Waals surface area contributed by atoms with Gasteiger partial charge in [0.25, 0.3) is 0 Å². The van der Waals surface area contributed by atoms with E-state index in [0.29, 0.717) is 12.0 Å². The van der Waals surface area contributed by atoms with E-state index in [0.717, 1.165) is 56.8 Å². The van der Waals surface area contributed by atoms with E-state index in [9.17, 15) is 4.79 Å². The largest absolute Gasteiger partial charge is 0.448 e. The number of amides is 1. The first-order valence-electron chi connectivity index (χ1n) is 7.64. The van der Waals surface area contributed by atoms with E-state index in [4.69, 9.17) is 4.42 Å². The molecule has 0 atom stereocenters. The topological polar surface area (TPSA) is 58.4 Å². The van der Waals surface area contributed by atoms with Gasteiger partial charge in [-0.1, -0.05) is 6.42 Å². The number of carbonyl (C=O) groups excluding carboxylic acids is 1. The molecule has 0 aromatic carbocycles. The molecule has 0 spiro atoms. The second kappa shape index (κ2) is 5.95. The Bertz CT molecular complexity index is 459. The number of aryl methyl sites for hydroxylation is 1. The molecule has 0 bridgehead atoms. The number of aromatic nitrogens is 1. The third-order valence-corrected chi connectivity index (χ3v) is 4.63. The van der Waals surface area contributed by atoms with E-state index < -0.39 is 0 Å². The zero-order valence-electron chi connectivity index (χ0n) is 12.1. The number of oxazole rings is 1. The van der Waals surface area contributed by atoms with E-state index >= 15 is 0 Å². The Morgan fingerprint density at radius 2 is 2.15 bits per heavy atom. The number of carbonyl (C=O) groups is 1. The maximum atomic E-state index is 11.9. The van der Waals surface area contributed by atoms with Gasteiger partial charge in [-0.05, 0) is 32.6 Å². The molecule has 1 aliphatic heterocycles. The number of likely N-dealkylation sites (tertiary alicyclic amines) is 1. The summed E-state index contributed by atoms with van der Waals surface area (Å²) in [4.78, 5) is 18.6. The molecule has 1 amide bonds. The molecule has 0 unspecified atom stereocenters. The molecule has 2 heterocycles. The van der Waals surface area contributed by atoms with Gasteiger partial charge in [0.15, 0.2) is 6.39 Å². The fraction of sp³-hybridized carbons (Fsp3) is 0.733. The molecular formula is C15H23N3O2. The Kier molecular flexibility index (Phi) is 4.05. The number of nitrogens with zero attached hydrogens (tertiary/aromatic N) is 2. The predicted molar refractivity (Wildman–Crippen MR) is 75.0 cm³/mol. The highest BCUT2D eigenvalue weighted by molar-refractivity contribution is 5.79. The summed E-state index contributed by atoms with van der Waals surface area (Å²) in [5.74, 6) is 1.48. The third-order valence-electron chi connectivity index (χ3n) is 4.63. The van der Waals surface area contributed by atoms with Crippen molar-refractivity contribution in [1.82, 2.24) is 15.2 Å². The Morgan fingerprint density at radius 3 is 2.70 bits per heavy atom. The van der Waals surface area contributed by atoms with Gasteiger partial charge < -0.3 is 9.73 Å². The summed E-state index contributed by atoms with van der Waals surface area (Å²) in [6.45, 7) is 4.84. The van der Waals surface area contributed by atoms with Crippen LogP contribution in [0.15, 0.2) is 10.8 Å². The zero-order valence-corrected chi connectivity index (χ0v) is 12.1. The predicted octanol–water partition coefficient (Wildman–Crippen LogP) is 1.86. The average Bonchev–Trinajstić information content (AvgIpc) is 2.75. The van der Waals surface area contributed by atoms with Gasteiger partial charge in [0.2, 0.25) is 5.91 Å². The van der Waals surface area contributed by atoms with Crippen molar-refractivity contribution in [3.05, 3.63) is 17.8 Å². The second-order valence-corrected chi connectivity index (χ2v) is 6.04. The van der Waals surface area contributed by atoms with Gasteiger partial charge in [0.1, 0.15) is 5.76 Å². The minimum atomic E-state index is 0.280. The molecule has 1 saturated heterocycles. The molecule has 2 aliphatic rings. The van der Waals surface area contributed by atoms with Crippen LogP contribution in [0.1, 0.15) is 43.6 Å². The molecule has 0 radical (unpaired) electrons. The fourth-order valence-electron chi connectivity index (χ4n) is 2.92. The number of hydrogen-bond donors (Lipinski definition) is 1. The molecule has 2 fully saturated rings. The van der Waals surface area contributed by atoms with E-state index in [1.807, 2.05) is 6.92 Å². The van der Waals surface area contributed by atoms with E-state index in [1.54, 1.807) is 0 Å². The van der Waals surface area contributed by atoms with Crippen molar-refractivity contribution < 1.29 is 9.21 Å². The van der Waals surface area contributed by atoms with Crippen LogP contribution in [0.4, 0.5) is 0 Å². The molecule has 3 rings (SSSR count). The molecule has 1 saturated carbocycles. The first kappa shape index (κ1) is 13.6. The lowest BCUT2D eigenvalue weighted by Gasteiger charge is -2.33. The molecule has 5 nitrogen and oxygen atoms in total. The number of rotatable bonds is 4. The van der Waals surface area contributed by atoms with Crippen molar-refractivity contribution in [3.63, 3.8) is 0 Å². The van der Waals surface area contributed by atoms with Gasteiger partial charge in [-0.25, -0.2) is 4.98 Å². The standard InChI is InChI=1S/C15H23N3O2/c1-11-14(16-10-20-11)9-18-7-5-13(6-8-18)17-15(19)12-3-2-4-12/h10,12-13H,2-9H2,1H3,(H,17,19). The first-order chi connectivity index (χ1) is 9.72. The summed E-state index contributed by atoms with van der Waals surface area (Å²) in [5, 5.41) is 3.21. The summed E-state index contributed by atoms with van der Waals surface area (Å²) >= 11 is 0. The molecule has 110 valence electrons. The van der Waals surface area contributed by atoms with Crippen molar-refractivity contribution in [2.45, 2.75) is 51.6 Å². The van der Waals surface area contributed by atoms with E-state index in [1.165, 1.54) is 12.8 Å². The Labute approximate surface area is 119 Å². The van der Waals surface area contributed by atoms with Crippen molar-refractivity contribution in [1.29, 1.82) is 0 Å². The zero-order chi connectivity index (χ0) is 13.9. The fourth-order valence-corrected chi connectivity index (χ4v) is 2.92. The molecule has 1 aromatic rings. The summed E-state index contributed by atoms with van der Waals surface area (Å²) < 4.78 is 5.23. The van der Waals surface area contributed by atoms with Gasteiger partial charge in [-0.3, -0.25) is 9.69 Å². The lowest BCUT2D eigenvalue weighted by Crippen LogP contribution is -2.47. The monoisotopic (exact) mass is 277 g/mol. The highest BCUT2D eigenvalue weighted by Crippen LogP contribution is 2.26. The van der Waals surface area contributed by atoms with Crippen LogP contribution in [0.5, 0.6) is 0 Å². The van der Waals surface area contributed by atoms with Crippen molar-refractivity contribution in [2.75, 3.05) is 13.1 Å². The SMILES string of the molecule is Cc1ocnc1CN1CCC(NC(=O)C2CCC2)CC1. The maximum absolute atomic E-state index is 11.9. The van der Waals surface area contributed by atoms with Crippen LogP contribution in [0.25, 0.3) is 0 Å². The quantitative estimate of drug-likeness (QED) is 0.912. The number of hydrogen-bond acceptors (Lipinski definition) is 4. The minimum absolute atomic E-state index is 0.280. The normalized spacial score (nSPS) is 21.6. The van der Waals surface area contributed by atoms with E-state index in [2.05, 4.69) is 15.2 Å². The summed E-state index contributed by atoms with van der Waals surface area (Å²) in [6, 6.07) is 0.359. The lowest BCUT2D eigenvalue weighted by molar-refractivity contribution is -0.128. The van der Waals surface area contributed by atoms with Gasteiger partial charge in [0.05, 0.1) is 5.69 Å². The van der Waals surface area contributed by atoms with Crippen molar-refractivity contribution in [3.8, 4) is 0 Å². The van der Waals surface area contributed by atoms with Gasteiger partial charge in [-0.2, -0.15) is 0 Å². The smallest absolute Gasteiger partial charge is 0.223 e. The first-order valence-corrected chi connectivity index (χ1v) is 7.64. The molecular weight excluding hydrogens is 254 g/mol. The van der Waals surface area contributed by atoms with Crippen molar-refractivity contribution >= 4 is 5.91 Å². The van der Waals surface area contributed by atoms with Crippen LogP contribution in [0.2, 0.25) is 0 Å². The summed E-state index contributed by atoms with van der Waals surface area (Å²) in [6.07, 6.45) is 6.96. The Morgan fingerprint density at radius 1 is 1.40 bits per heavy atom. The Hall–Kier alpha value is -1.36. The van der Waals surface area contributed by atoms with Crippen LogP contribution in [-0.2, 0) is 11.3 Å². The maximum Gasteiger partial charge on any atom is 0.223 e. The van der Waals surface area contributed by atoms with Gasteiger partial charge >= 0.3 is 0 Å². The highest BCUT2D eigenvalue weighted by Gasteiger charge is 2.28. The molecule has 1 aromatic heterocycles. The van der Waals surface area contributed by atoms with E-state index in [-0.39, 0.29) is 5.91 Å². The average molecular weight is 277 g/mol. The number of nitrogens with one attached hydrogen (secondary N) is 1. The molecule has 20 heavy (non-hydrogen) atoms. The highest BCUT2D eigenvalue weighted by atomic mass is 16.3. The molecule has 5 heteroatoms. The summed E-state index contributed by atoms with van der Waals surface area (Å²) in [7, 11) is 0. The second-order valence-electron chi connectivity index (χ2n) is 6.04. The van der Waals surface area contributed by atoms with Crippen LogP contribution in [-0.4, -0.2) is 34.9 Å². The lowest BCUT2D eigenvalue weighted by atomic mass is 9.84. The van der Waals surface area contributed by atoms with Crippen molar-refractivity contribution in [2.24, 2.45) is 5.92 Å². The molecule has 1 aliphatic carbocycles. The van der Waals surface area contributed by atoms with Gasteiger partial charge in [-0.15, -0.1) is 0 Å². The van der Waals surface area contributed by atoms with Crippen LogP contribution < -0.4 is 5.32 Å².